The number of hydrogen-bond acceptors (Lipinski definition) is 5. The standard InChI is InChI=1S/C30H31N3O3/c1-20(2)17-28(30(35)36-3)33-29(34)26-12-11-23(32-19-21-13-15-31-16-14-21)18-27(26)25-10-6-8-22-7-4-5-9-24(22)25/h4-16,18,20,28,32H,17,19H2,1-3H3,(H,33,34). The SMILES string of the molecule is COC(=O)C(CC(C)C)NC(=O)c1ccc(NCc2ccncc2)cc1-c1cccc2ccccc12. The Labute approximate surface area is 211 Å². The summed E-state index contributed by atoms with van der Waals surface area (Å²) in [5, 5.41) is 8.49. The topological polar surface area (TPSA) is 80.3 Å². The van der Waals surface area contributed by atoms with Crippen molar-refractivity contribution in [3.05, 3.63) is 96.3 Å². The lowest BCUT2D eigenvalue weighted by atomic mass is 9.93. The van der Waals surface area contributed by atoms with Crippen LogP contribution in [0.4, 0.5) is 5.69 Å². The molecule has 3 aromatic carbocycles. The van der Waals surface area contributed by atoms with Gasteiger partial charge in [-0.1, -0.05) is 56.3 Å². The lowest BCUT2D eigenvalue weighted by Crippen LogP contribution is -2.42. The Bertz CT molecular complexity index is 1350. The van der Waals surface area contributed by atoms with Crippen LogP contribution in [0, 0.1) is 5.92 Å². The van der Waals surface area contributed by atoms with Crippen LogP contribution in [0.15, 0.2) is 85.2 Å². The molecule has 2 N–H and O–H groups in total. The molecule has 4 rings (SSSR count). The lowest BCUT2D eigenvalue weighted by Gasteiger charge is -2.20. The molecule has 0 radical (unpaired) electrons. The van der Waals surface area contributed by atoms with Crippen molar-refractivity contribution in [2.75, 3.05) is 12.4 Å². The maximum absolute atomic E-state index is 13.5. The molecular weight excluding hydrogens is 450 g/mol. The van der Waals surface area contributed by atoms with Gasteiger partial charge in [0.25, 0.3) is 5.91 Å². The molecule has 6 heteroatoms. The number of fused-ring (bicyclic) bond motifs is 1. The van der Waals surface area contributed by atoms with E-state index in [1.54, 1.807) is 12.4 Å². The molecule has 1 atom stereocenters. The van der Waals surface area contributed by atoms with Crippen LogP contribution in [-0.4, -0.2) is 30.0 Å². The van der Waals surface area contributed by atoms with Crippen LogP contribution in [0.5, 0.6) is 0 Å². The number of ether oxygens (including phenoxy) is 1. The smallest absolute Gasteiger partial charge is 0.328 e. The highest BCUT2D eigenvalue weighted by Crippen LogP contribution is 2.33. The molecule has 0 bridgehead atoms. The number of hydrogen-bond donors (Lipinski definition) is 2. The van der Waals surface area contributed by atoms with E-state index in [2.05, 4.69) is 33.8 Å². The summed E-state index contributed by atoms with van der Waals surface area (Å²) in [6, 6.07) is 23.1. The van der Waals surface area contributed by atoms with E-state index in [0.717, 1.165) is 33.2 Å². The summed E-state index contributed by atoms with van der Waals surface area (Å²) in [6.45, 7) is 4.64. The highest BCUT2D eigenvalue weighted by Gasteiger charge is 2.25. The molecule has 0 fully saturated rings. The van der Waals surface area contributed by atoms with Crippen molar-refractivity contribution in [2.24, 2.45) is 5.92 Å². The van der Waals surface area contributed by atoms with Gasteiger partial charge in [-0.2, -0.15) is 0 Å². The number of anilines is 1. The van der Waals surface area contributed by atoms with Gasteiger partial charge in [0.05, 0.1) is 7.11 Å². The third-order valence-corrected chi connectivity index (χ3v) is 6.09. The van der Waals surface area contributed by atoms with E-state index < -0.39 is 12.0 Å². The zero-order valence-electron chi connectivity index (χ0n) is 20.8. The summed E-state index contributed by atoms with van der Waals surface area (Å²) >= 11 is 0. The molecule has 0 aliphatic heterocycles. The van der Waals surface area contributed by atoms with Crippen molar-refractivity contribution in [3.8, 4) is 11.1 Å². The first-order valence-corrected chi connectivity index (χ1v) is 12.1. The molecule has 1 aromatic heterocycles. The number of esters is 1. The lowest BCUT2D eigenvalue weighted by molar-refractivity contribution is -0.143. The molecule has 0 aliphatic carbocycles. The fourth-order valence-electron chi connectivity index (χ4n) is 4.30. The Hall–Kier alpha value is -4.19. The second-order valence-electron chi connectivity index (χ2n) is 9.17. The number of carbonyl (C=O) groups excluding carboxylic acids is 2. The first-order valence-electron chi connectivity index (χ1n) is 12.1. The summed E-state index contributed by atoms with van der Waals surface area (Å²) in [7, 11) is 1.34. The summed E-state index contributed by atoms with van der Waals surface area (Å²) < 4.78 is 4.95. The minimum absolute atomic E-state index is 0.215. The third kappa shape index (κ3) is 5.89. The molecule has 184 valence electrons. The number of pyridine rings is 1. The van der Waals surface area contributed by atoms with Crippen molar-refractivity contribution in [3.63, 3.8) is 0 Å². The molecule has 0 saturated heterocycles. The minimum Gasteiger partial charge on any atom is -0.467 e. The van der Waals surface area contributed by atoms with Gasteiger partial charge in [-0.05, 0) is 70.1 Å². The van der Waals surface area contributed by atoms with E-state index in [9.17, 15) is 9.59 Å². The number of benzene rings is 3. The summed E-state index contributed by atoms with van der Waals surface area (Å²) in [5.74, 6) is -0.541. The predicted molar refractivity (Wildman–Crippen MR) is 144 cm³/mol. The van der Waals surface area contributed by atoms with Gasteiger partial charge in [0.2, 0.25) is 0 Å². The van der Waals surface area contributed by atoms with Crippen molar-refractivity contribution < 1.29 is 14.3 Å². The summed E-state index contributed by atoms with van der Waals surface area (Å²) in [4.78, 5) is 30.0. The Morgan fingerprint density at radius 3 is 2.42 bits per heavy atom. The van der Waals surface area contributed by atoms with Crippen LogP contribution in [-0.2, 0) is 16.1 Å². The Balaban J connectivity index is 1.73. The van der Waals surface area contributed by atoms with E-state index in [1.807, 2.05) is 68.4 Å². The predicted octanol–water partition coefficient (Wildman–Crippen LogP) is 5.83. The van der Waals surface area contributed by atoms with Crippen LogP contribution < -0.4 is 10.6 Å². The highest BCUT2D eigenvalue weighted by atomic mass is 16.5. The second-order valence-corrected chi connectivity index (χ2v) is 9.17. The second kappa shape index (κ2) is 11.5. The molecule has 1 heterocycles. The average Bonchev–Trinajstić information content (AvgIpc) is 2.91. The van der Waals surface area contributed by atoms with E-state index in [4.69, 9.17) is 4.74 Å². The third-order valence-electron chi connectivity index (χ3n) is 6.09. The van der Waals surface area contributed by atoms with E-state index in [1.165, 1.54) is 7.11 Å². The molecule has 4 aromatic rings. The summed E-state index contributed by atoms with van der Waals surface area (Å²) in [5.41, 5.74) is 4.23. The Kier molecular flexibility index (Phi) is 7.95. The van der Waals surface area contributed by atoms with E-state index in [-0.39, 0.29) is 11.8 Å². The monoisotopic (exact) mass is 481 g/mol. The number of nitrogens with one attached hydrogen (secondary N) is 2. The maximum Gasteiger partial charge on any atom is 0.328 e. The van der Waals surface area contributed by atoms with Crippen LogP contribution in [0.2, 0.25) is 0 Å². The van der Waals surface area contributed by atoms with Gasteiger partial charge >= 0.3 is 5.97 Å². The Morgan fingerprint density at radius 2 is 1.67 bits per heavy atom. The van der Waals surface area contributed by atoms with E-state index in [0.29, 0.717) is 18.5 Å². The Morgan fingerprint density at radius 1 is 0.917 bits per heavy atom. The molecule has 0 aliphatic rings. The quantitative estimate of drug-likeness (QED) is 0.294. The largest absolute Gasteiger partial charge is 0.467 e. The van der Waals surface area contributed by atoms with Crippen LogP contribution in [0.1, 0.15) is 36.2 Å². The molecule has 6 nitrogen and oxygen atoms in total. The van der Waals surface area contributed by atoms with E-state index >= 15 is 0 Å². The van der Waals surface area contributed by atoms with Crippen LogP contribution >= 0.6 is 0 Å². The minimum atomic E-state index is -0.715. The fraction of sp³-hybridized carbons (Fsp3) is 0.233. The van der Waals surface area contributed by atoms with Gasteiger partial charge < -0.3 is 15.4 Å². The van der Waals surface area contributed by atoms with Gasteiger partial charge in [0.1, 0.15) is 6.04 Å². The molecule has 0 spiro atoms. The maximum atomic E-state index is 13.5. The fourth-order valence-corrected chi connectivity index (χ4v) is 4.30. The number of carbonyl (C=O) groups is 2. The van der Waals surface area contributed by atoms with Crippen molar-refractivity contribution in [1.29, 1.82) is 0 Å². The highest BCUT2D eigenvalue weighted by molar-refractivity contribution is 6.07. The molecule has 1 amide bonds. The van der Waals surface area contributed by atoms with Crippen molar-refractivity contribution >= 4 is 28.3 Å². The number of methoxy groups -OCH3 is 1. The molecule has 0 saturated carbocycles. The average molecular weight is 482 g/mol. The number of rotatable bonds is 9. The van der Waals surface area contributed by atoms with Crippen molar-refractivity contribution in [2.45, 2.75) is 32.9 Å². The van der Waals surface area contributed by atoms with Gasteiger partial charge in [0.15, 0.2) is 0 Å². The number of amides is 1. The van der Waals surface area contributed by atoms with Gasteiger partial charge in [0, 0.05) is 30.2 Å². The normalized spacial score (nSPS) is 11.8. The molecular formula is C30H31N3O3. The molecule has 1 unspecified atom stereocenters. The zero-order chi connectivity index (χ0) is 25.5. The van der Waals surface area contributed by atoms with Crippen LogP contribution in [0.3, 0.4) is 0 Å². The van der Waals surface area contributed by atoms with Gasteiger partial charge in [-0.25, -0.2) is 4.79 Å². The van der Waals surface area contributed by atoms with Crippen molar-refractivity contribution in [1.82, 2.24) is 10.3 Å². The molecule has 36 heavy (non-hydrogen) atoms. The summed E-state index contributed by atoms with van der Waals surface area (Å²) in [6.07, 6.45) is 4.02. The number of nitrogens with zero attached hydrogens (tertiary/aromatic N) is 1. The zero-order valence-corrected chi connectivity index (χ0v) is 20.8. The van der Waals surface area contributed by atoms with Gasteiger partial charge in [-0.3, -0.25) is 9.78 Å². The first kappa shape index (κ1) is 24.9. The first-order chi connectivity index (χ1) is 17.5. The number of aromatic nitrogens is 1. The van der Waals surface area contributed by atoms with Gasteiger partial charge in [-0.15, -0.1) is 0 Å². The van der Waals surface area contributed by atoms with Crippen LogP contribution in [0.25, 0.3) is 21.9 Å².